The molecule has 0 aromatic heterocycles. The lowest BCUT2D eigenvalue weighted by Gasteiger charge is -2.12. The average molecular weight is 470 g/mol. The lowest BCUT2D eigenvalue weighted by Crippen LogP contribution is -2.31. The molecule has 34 heavy (non-hydrogen) atoms. The number of hydrogen-bond acceptors (Lipinski definition) is 3. The van der Waals surface area contributed by atoms with Gasteiger partial charge in [0.15, 0.2) is 0 Å². The fraction of sp³-hybridized carbons (Fsp3) is 0.231. The largest absolute Gasteiger partial charge is 0.490 e. The molecule has 0 radical (unpaired) electrons. The van der Waals surface area contributed by atoms with Crippen molar-refractivity contribution in [2.75, 3.05) is 6.54 Å². The summed E-state index contributed by atoms with van der Waals surface area (Å²) in [5.74, 6) is -3.15. The van der Waals surface area contributed by atoms with E-state index in [0.717, 1.165) is 36.9 Å². The van der Waals surface area contributed by atoms with Crippen molar-refractivity contribution in [3.8, 4) is 11.1 Å². The predicted octanol–water partition coefficient (Wildman–Crippen LogP) is 4.39. The fourth-order valence-electron chi connectivity index (χ4n) is 3.88. The predicted molar refractivity (Wildman–Crippen MR) is 123 cm³/mol. The van der Waals surface area contributed by atoms with Gasteiger partial charge in [-0.25, -0.2) is 4.79 Å². The van der Waals surface area contributed by atoms with Gasteiger partial charge in [0.2, 0.25) is 5.91 Å². The van der Waals surface area contributed by atoms with Crippen LogP contribution in [-0.2, 0) is 24.1 Å². The maximum absolute atomic E-state index is 11.4. The van der Waals surface area contributed by atoms with E-state index in [2.05, 4.69) is 53.8 Å². The Morgan fingerprint density at radius 3 is 2.03 bits per heavy atom. The smallest absolute Gasteiger partial charge is 0.475 e. The molecule has 8 heteroatoms. The molecule has 0 unspecified atom stereocenters. The van der Waals surface area contributed by atoms with E-state index in [-0.39, 0.29) is 0 Å². The number of primary amides is 1. The summed E-state index contributed by atoms with van der Waals surface area (Å²) in [7, 11) is 0. The Bertz CT molecular complexity index is 1140. The first-order chi connectivity index (χ1) is 16.1. The molecule has 0 saturated heterocycles. The average Bonchev–Trinajstić information content (AvgIpc) is 3.22. The molecule has 4 rings (SSSR count). The lowest BCUT2D eigenvalue weighted by atomic mass is 10.00. The number of hydrogen-bond donors (Lipinski definition) is 3. The van der Waals surface area contributed by atoms with Gasteiger partial charge in [-0.1, -0.05) is 60.7 Å². The maximum atomic E-state index is 11.4. The number of carbonyl (C=O) groups is 2. The first-order valence-corrected chi connectivity index (χ1v) is 10.7. The fourth-order valence-corrected chi connectivity index (χ4v) is 3.88. The second-order valence-corrected chi connectivity index (χ2v) is 8.03. The summed E-state index contributed by atoms with van der Waals surface area (Å²) in [5.41, 5.74) is 12.3. The second-order valence-electron chi connectivity index (χ2n) is 8.03. The van der Waals surface area contributed by atoms with Crippen LogP contribution in [0.25, 0.3) is 11.1 Å². The monoisotopic (exact) mass is 470 g/mol. The van der Waals surface area contributed by atoms with E-state index < -0.39 is 18.1 Å². The number of fused-ring (bicyclic) bond motifs is 1. The molecular weight excluding hydrogens is 445 g/mol. The molecule has 178 valence electrons. The van der Waals surface area contributed by atoms with Gasteiger partial charge in [-0.2, -0.15) is 13.2 Å². The van der Waals surface area contributed by atoms with Gasteiger partial charge < -0.3 is 16.2 Å². The summed E-state index contributed by atoms with van der Waals surface area (Å²) < 4.78 is 31.7. The molecule has 0 aliphatic heterocycles. The zero-order chi connectivity index (χ0) is 24.7. The van der Waals surface area contributed by atoms with E-state index in [1.165, 1.54) is 16.7 Å². The molecule has 0 saturated carbocycles. The van der Waals surface area contributed by atoms with Crippen LogP contribution in [0.2, 0.25) is 0 Å². The summed E-state index contributed by atoms with van der Waals surface area (Å²) in [4.78, 5) is 20.3. The van der Waals surface area contributed by atoms with Gasteiger partial charge in [-0.3, -0.25) is 4.79 Å². The standard InChI is InChI=1S/C24H24N2O.C2HF3O2/c25-24(27)22-10-4-9-19(14-22)18-8-3-5-17(13-18)11-12-26-23-15-20-6-1-2-7-21(20)16-23;3-2(4,5)1(6)7/h1-10,13-14,23,26H,11-12,15-16H2,(H2,25,27);(H,6,7). The van der Waals surface area contributed by atoms with Gasteiger partial charge in [-0.05, 0) is 65.8 Å². The van der Waals surface area contributed by atoms with E-state index in [9.17, 15) is 18.0 Å². The molecule has 0 bridgehead atoms. The number of alkyl halides is 3. The molecule has 0 atom stereocenters. The quantitative estimate of drug-likeness (QED) is 0.498. The molecular formula is C26H25F3N2O3. The summed E-state index contributed by atoms with van der Waals surface area (Å²) in [6.07, 6.45) is -1.86. The first-order valence-electron chi connectivity index (χ1n) is 10.7. The minimum Gasteiger partial charge on any atom is -0.475 e. The Kier molecular flexibility index (Phi) is 8.07. The van der Waals surface area contributed by atoms with Gasteiger partial charge in [-0.15, -0.1) is 0 Å². The molecule has 1 amide bonds. The Morgan fingerprint density at radius 1 is 0.912 bits per heavy atom. The third-order valence-electron chi connectivity index (χ3n) is 5.55. The van der Waals surface area contributed by atoms with Crippen molar-refractivity contribution in [1.82, 2.24) is 5.32 Å². The number of aliphatic carboxylic acids is 1. The summed E-state index contributed by atoms with van der Waals surface area (Å²) in [6, 6.07) is 25.3. The van der Waals surface area contributed by atoms with Gasteiger partial charge >= 0.3 is 12.1 Å². The molecule has 1 aliphatic rings. The Balaban J connectivity index is 0.000000406. The highest BCUT2D eigenvalue weighted by atomic mass is 19.4. The van der Waals surface area contributed by atoms with Crippen LogP contribution >= 0.6 is 0 Å². The van der Waals surface area contributed by atoms with Gasteiger partial charge in [0, 0.05) is 11.6 Å². The molecule has 1 aliphatic carbocycles. The molecule has 4 N–H and O–H groups in total. The Morgan fingerprint density at radius 2 is 1.47 bits per heavy atom. The van der Waals surface area contributed by atoms with Crippen LogP contribution < -0.4 is 11.1 Å². The number of carboxylic acid groups (broad SMARTS) is 1. The van der Waals surface area contributed by atoms with Crippen molar-refractivity contribution in [2.45, 2.75) is 31.5 Å². The molecule has 3 aromatic rings. The van der Waals surface area contributed by atoms with E-state index in [0.29, 0.717) is 11.6 Å². The number of halogens is 3. The highest BCUT2D eigenvalue weighted by Gasteiger charge is 2.38. The zero-order valence-electron chi connectivity index (χ0n) is 18.3. The molecule has 3 aromatic carbocycles. The SMILES string of the molecule is NC(=O)c1cccc(-c2cccc(CCNC3Cc4ccccc4C3)c2)c1.O=C(O)C(F)(F)F. The van der Waals surface area contributed by atoms with Crippen molar-refractivity contribution in [1.29, 1.82) is 0 Å². The summed E-state index contributed by atoms with van der Waals surface area (Å²) in [6.45, 7) is 0.962. The number of nitrogens with one attached hydrogen (secondary N) is 1. The number of carbonyl (C=O) groups excluding carboxylic acids is 1. The normalized spacial score (nSPS) is 13.0. The van der Waals surface area contributed by atoms with E-state index >= 15 is 0 Å². The molecule has 0 heterocycles. The van der Waals surface area contributed by atoms with Crippen LogP contribution in [0.5, 0.6) is 0 Å². The second kappa shape index (κ2) is 11.0. The van der Waals surface area contributed by atoms with Gasteiger partial charge in [0.05, 0.1) is 0 Å². The minimum absolute atomic E-state index is 0.394. The third-order valence-corrected chi connectivity index (χ3v) is 5.55. The van der Waals surface area contributed by atoms with Crippen LogP contribution in [-0.4, -0.2) is 35.7 Å². The summed E-state index contributed by atoms with van der Waals surface area (Å²) >= 11 is 0. The van der Waals surface area contributed by atoms with Crippen LogP contribution in [0.4, 0.5) is 13.2 Å². The minimum atomic E-state index is -5.08. The summed E-state index contributed by atoms with van der Waals surface area (Å²) in [5, 5.41) is 10.8. The van der Waals surface area contributed by atoms with E-state index in [1.807, 2.05) is 18.2 Å². The maximum Gasteiger partial charge on any atom is 0.490 e. The van der Waals surface area contributed by atoms with Crippen molar-refractivity contribution in [2.24, 2.45) is 5.73 Å². The van der Waals surface area contributed by atoms with Crippen LogP contribution in [0, 0.1) is 0 Å². The Hall–Kier alpha value is -3.65. The highest BCUT2D eigenvalue weighted by molar-refractivity contribution is 5.94. The number of rotatable bonds is 6. The van der Waals surface area contributed by atoms with E-state index in [1.54, 1.807) is 6.07 Å². The lowest BCUT2D eigenvalue weighted by molar-refractivity contribution is -0.192. The van der Waals surface area contributed by atoms with Crippen LogP contribution in [0.1, 0.15) is 27.0 Å². The third kappa shape index (κ3) is 6.92. The van der Waals surface area contributed by atoms with Crippen molar-refractivity contribution < 1.29 is 27.9 Å². The molecule has 0 spiro atoms. The van der Waals surface area contributed by atoms with Gasteiger partial charge in [0.25, 0.3) is 0 Å². The molecule has 0 fully saturated rings. The molecule has 5 nitrogen and oxygen atoms in total. The van der Waals surface area contributed by atoms with Crippen LogP contribution in [0.15, 0.2) is 72.8 Å². The number of nitrogens with two attached hydrogens (primary N) is 1. The number of carboxylic acids is 1. The zero-order valence-corrected chi connectivity index (χ0v) is 18.3. The van der Waals surface area contributed by atoms with Crippen molar-refractivity contribution in [3.63, 3.8) is 0 Å². The number of amides is 1. The van der Waals surface area contributed by atoms with Crippen molar-refractivity contribution in [3.05, 3.63) is 95.1 Å². The van der Waals surface area contributed by atoms with E-state index in [4.69, 9.17) is 15.6 Å². The number of benzene rings is 3. The van der Waals surface area contributed by atoms with Gasteiger partial charge in [0.1, 0.15) is 0 Å². The van der Waals surface area contributed by atoms with Crippen molar-refractivity contribution >= 4 is 11.9 Å². The Labute approximate surface area is 195 Å². The topological polar surface area (TPSA) is 92.4 Å². The van der Waals surface area contributed by atoms with Crippen LogP contribution in [0.3, 0.4) is 0 Å². The highest BCUT2D eigenvalue weighted by Crippen LogP contribution is 2.23. The first kappa shape index (κ1) is 25.0.